The van der Waals surface area contributed by atoms with E-state index >= 15 is 0 Å². The van der Waals surface area contributed by atoms with E-state index in [0.29, 0.717) is 12.5 Å². The van der Waals surface area contributed by atoms with Gasteiger partial charge in [-0.05, 0) is 24.1 Å². The number of rotatable bonds is 4. The number of nitrogens with zero attached hydrogens (tertiary/aromatic N) is 1. The number of hydrogen-bond donors (Lipinski definition) is 3. The van der Waals surface area contributed by atoms with E-state index in [9.17, 15) is 4.79 Å². The molecule has 2 rings (SSSR count). The molecule has 1 aromatic carbocycles. The molecule has 0 saturated carbocycles. The van der Waals surface area contributed by atoms with Crippen molar-refractivity contribution in [1.82, 2.24) is 9.97 Å². The zero-order valence-electron chi connectivity index (χ0n) is 11.0. The summed E-state index contributed by atoms with van der Waals surface area (Å²) in [5.74, 6) is 0.473. The van der Waals surface area contributed by atoms with Crippen molar-refractivity contribution in [2.45, 2.75) is 19.9 Å². The van der Waals surface area contributed by atoms with Crippen molar-refractivity contribution < 1.29 is 0 Å². The number of aromatic nitrogens is 2. The molecule has 0 bridgehead atoms. The topological polar surface area (TPSA) is 77.9 Å². The van der Waals surface area contributed by atoms with Gasteiger partial charge in [-0.1, -0.05) is 13.8 Å². The number of imidazole rings is 1. The lowest BCUT2D eigenvalue weighted by atomic mass is 10.0. The summed E-state index contributed by atoms with van der Waals surface area (Å²) in [7, 11) is 2.03. The Morgan fingerprint density at radius 1 is 1.28 bits per heavy atom. The fourth-order valence-electron chi connectivity index (χ4n) is 2.31. The first-order valence-electron chi connectivity index (χ1n) is 6.18. The standard InChI is InChI=1S/C13H20N4O/c1-8(2)12(7-14)17(3)9-4-5-10-11(6-9)16-13(18)15-10/h4-6,8,12H,7,14H2,1-3H3,(H2,15,16,18). The van der Waals surface area contributed by atoms with Crippen LogP contribution >= 0.6 is 0 Å². The number of nitrogens with one attached hydrogen (secondary N) is 2. The van der Waals surface area contributed by atoms with Gasteiger partial charge < -0.3 is 20.6 Å². The van der Waals surface area contributed by atoms with E-state index in [1.165, 1.54) is 0 Å². The highest BCUT2D eigenvalue weighted by atomic mass is 16.1. The quantitative estimate of drug-likeness (QED) is 0.762. The molecule has 1 atom stereocenters. The predicted octanol–water partition coefficient (Wildman–Crippen LogP) is 1.28. The third-order valence-electron chi connectivity index (χ3n) is 3.42. The number of fused-ring (bicyclic) bond motifs is 1. The maximum Gasteiger partial charge on any atom is 0.323 e. The highest BCUT2D eigenvalue weighted by Crippen LogP contribution is 2.21. The molecule has 98 valence electrons. The third-order valence-corrected chi connectivity index (χ3v) is 3.42. The minimum atomic E-state index is -0.177. The zero-order valence-corrected chi connectivity index (χ0v) is 11.0. The van der Waals surface area contributed by atoms with E-state index in [1.807, 2.05) is 25.2 Å². The van der Waals surface area contributed by atoms with Crippen LogP contribution in [-0.4, -0.2) is 29.6 Å². The van der Waals surface area contributed by atoms with Crippen molar-refractivity contribution in [2.75, 3.05) is 18.5 Å². The van der Waals surface area contributed by atoms with Gasteiger partial charge in [0, 0.05) is 25.3 Å². The van der Waals surface area contributed by atoms with Crippen LogP contribution in [0.3, 0.4) is 0 Å². The Bertz CT molecular complexity index is 584. The van der Waals surface area contributed by atoms with Crippen LogP contribution < -0.4 is 16.3 Å². The summed E-state index contributed by atoms with van der Waals surface area (Å²) < 4.78 is 0. The molecule has 0 fully saturated rings. The molecule has 18 heavy (non-hydrogen) atoms. The van der Waals surface area contributed by atoms with Gasteiger partial charge in [0.2, 0.25) is 0 Å². The van der Waals surface area contributed by atoms with Gasteiger partial charge in [-0.2, -0.15) is 0 Å². The summed E-state index contributed by atoms with van der Waals surface area (Å²) in [6.07, 6.45) is 0. The van der Waals surface area contributed by atoms with Crippen molar-refractivity contribution in [3.8, 4) is 0 Å². The molecule has 5 heteroatoms. The summed E-state index contributed by atoms with van der Waals surface area (Å²) in [6.45, 7) is 4.92. The lowest BCUT2D eigenvalue weighted by Gasteiger charge is -2.32. The first-order chi connectivity index (χ1) is 8.52. The second kappa shape index (κ2) is 4.86. The lowest BCUT2D eigenvalue weighted by Crippen LogP contribution is -2.41. The van der Waals surface area contributed by atoms with Crippen LogP contribution in [0, 0.1) is 5.92 Å². The van der Waals surface area contributed by atoms with E-state index in [-0.39, 0.29) is 11.7 Å². The van der Waals surface area contributed by atoms with Gasteiger partial charge in [-0.3, -0.25) is 0 Å². The summed E-state index contributed by atoms with van der Waals surface area (Å²) in [4.78, 5) is 18.9. The highest BCUT2D eigenvalue weighted by molar-refractivity contribution is 5.79. The van der Waals surface area contributed by atoms with Gasteiger partial charge >= 0.3 is 5.69 Å². The summed E-state index contributed by atoms with van der Waals surface area (Å²) in [6, 6.07) is 6.16. The molecular weight excluding hydrogens is 228 g/mol. The fourth-order valence-corrected chi connectivity index (χ4v) is 2.31. The van der Waals surface area contributed by atoms with Gasteiger partial charge in [0.25, 0.3) is 0 Å². The van der Waals surface area contributed by atoms with E-state index in [0.717, 1.165) is 16.7 Å². The number of anilines is 1. The predicted molar refractivity (Wildman–Crippen MR) is 75.0 cm³/mol. The maximum absolute atomic E-state index is 11.2. The van der Waals surface area contributed by atoms with Crippen molar-refractivity contribution >= 4 is 16.7 Å². The molecule has 0 amide bonds. The van der Waals surface area contributed by atoms with Crippen LogP contribution in [0.1, 0.15) is 13.8 Å². The Morgan fingerprint density at radius 2 is 1.94 bits per heavy atom. The van der Waals surface area contributed by atoms with Gasteiger partial charge in [-0.25, -0.2) is 4.79 Å². The average molecular weight is 248 g/mol. The summed E-state index contributed by atoms with van der Waals surface area (Å²) >= 11 is 0. The number of H-pyrrole nitrogens is 2. The molecule has 2 aromatic rings. The van der Waals surface area contributed by atoms with Crippen LogP contribution in [-0.2, 0) is 0 Å². The minimum absolute atomic E-state index is 0.177. The SMILES string of the molecule is CC(C)C(CN)N(C)c1ccc2[nH]c(=O)[nH]c2c1. The van der Waals surface area contributed by atoms with Crippen LogP contribution in [0.4, 0.5) is 5.69 Å². The molecule has 1 unspecified atom stereocenters. The van der Waals surface area contributed by atoms with E-state index in [1.54, 1.807) is 0 Å². The van der Waals surface area contributed by atoms with Crippen molar-refractivity contribution in [3.63, 3.8) is 0 Å². The number of aromatic amines is 2. The van der Waals surface area contributed by atoms with Crippen LogP contribution in [0.2, 0.25) is 0 Å². The van der Waals surface area contributed by atoms with Crippen LogP contribution in [0.5, 0.6) is 0 Å². The van der Waals surface area contributed by atoms with Crippen molar-refractivity contribution in [2.24, 2.45) is 11.7 Å². The van der Waals surface area contributed by atoms with Crippen molar-refractivity contribution in [1.29, 1.82) is 0 Å². The molecule has 0 aliphatic rings. The van der Waals surface area contributed by atoms with E-state index < -0.39 is 0 Å². The normalized spacial score (nSPS) is 13.2. The number of likely N-dealkylation sites (N-methyl/N-ethyl adjacent to an activating group) is 1. The largest absolute Gasteiger partial charge is 0.370 e. The summed E-state index contributed by atoms with van der Waals surface area (Å²) in [5, 5.41) is 0. The van der Waals surface area contributed by atoms with Gasteiger partial charge in [-0.15, -0.1) is 0 Å². The van der Waals surface area contributed by atoms with E-state index in [4.69, 9.17) is 5.73 Å². The molecule has 0 spiro atoms. The second-order valence-corrected chi connectivity index (χ2v) is 4.97. The molecule has 1 aromatic heterocycles. The van der Waals surface area contributed by atoms with Gasteiger partial charge in [0.1, 0.15) is 0 Å². The van der Waals surface area contributed by atoms with Crippen LogP contribution in [0.25, 0.3) is 11.0 Å². The summed E-state index contributed by atoms with van der Waals surface area (Å²) in [5.41, 5.74) is 8.35. The van der Waals surface area contributed by atoms with E-state index in [2.05, 4.69) is 28.7 Å². The first kappa shape index (κ1) is 12.7. The second-order valence-electron chi connectivity index (χ2n) is 4.97. The molecule has 0 aliphatic carbocycles. The smallest absolute Gasteiger partial charge is 0.323 e. The Labute approximate surface area is 106 Å². The molecule has 0 aliphatic heterocycles. The maximum atomic E-state index is 11.2. The molecular formula is C13H20N4O. The number of hydrogen-bond acceptors (Lipinski definition) is 3. The molecule has 4 N–H and O–H groups in total. The molecule has 0 saturated heterocycles. The Hall–Kier alpha value is -1.75. The Morgan fingerprint density at radius 3 is 2.56 bits per heavy atom. The Balaban J connectivity index is 2.37. The minimum Gasteiger partial charge on any atom is -0.370 e. The van der Waals surface area contributed by atoms with Gasteiger partial charge in [0.15, 0.2) is 0 Å². The lowest BCUT2D eigenvalue weighted by molar-refractivity contribution is 0.480. The monoisotopic (exact) mass is 248 g/mol. The van der Waals surface area contributed by atoms with Crippen molar-refractivity contribution in [3.05, 3.63) is 28.7 Å². The third kappa shape index (κ3) is 2.26. The number of nitrogens with two attached hydrogens (primary N) is 1. The molecule has 0 radical (unpaired) electrons. The molecule has 5 nitrogen and oxygen atoms in total. The number of benzene rings is 1. The Kier molecular flexibility index (Phi) is 3.43. The van der Waals surface area contributed by atoms with Gasteiger partial charge in [0.05, 0.1) is 11.0 Å². The fraction of sp³-hybridized carbons (Fsp3) is 0.462. The first-order valence-corrected chi connectivity index (χ1v) is 6.18. The molecule has 1 heterocycles. The average Bonchev–Trinajstić information content (AvgIpc) is 2.68. The van der Waals surface area contributed by atoms with Crippen LogP contribution in [0.15, 0.2) is 23.0 Å². The highest BCUT2D eigenvalue weighted by Gasteiger charge is 2.17. The zero-order chi connectivity index (χ0) is 13.3.